The topological polar surface area (TPSA) is 93.4 Å². The molecule has 0 aromatic heterocycles. The van der Waals surface area contributed by atoms with Crippen LogP contribution in [0.2, 0.25) is 0 Å². The summed E-state index contributed by atoms with van der Waals surface area (Å²) in [6, 6.07) is 0. The van der Waals surface area contributed by atoms with Crippen molar-refractivity contribution < 1.29 is 14.4 Å². The Morgan fingerprint density at radius 3 is 2.86 bits per heavy atom. The van der Waals surface area contributed by atoms with Crippen molar-refractivity contribution >= 4 is 11.8 Å². The highest BCUT2D eigenvalue weighted by Gasteiger charge is 2.36. The van der Waals surface area contributed by atoms with E-state index in [-0.39, 0.29) is 12.5 Å². The van der Waals surface area contributed by atoms with Crippen LogP contribution in [0.5, 0.6) is 0 Å². The lowest BCUT2D eigenvalue weighted by molar-refractivity contribution is -0.142. The maximum absolute atomic E-state index is 11.5. The van der Waals surface area contributed by atoms with E-state index in [0.29, 0.717) is 0 Å². The van der Waals surface area contributed by atoms with E-state index < -0.39 is 11.4 Å². The molecule has 0 radical (unpaired) electrons. The Morgan fingerprint density at radius 2 is 2.36 bits per heavy atom. The first kappa shape index (κ1) is 10.9. The minimum atomic E-state index is -0.616. The molecule has 1 unspecified atom stereocenters. The van der Waals surface area contributed by atoms with Gasteiger partial charge < -0.3 is 11.1 Å². The summed E-state index contributed by atoms with van der Waals surface area (Å²) in [6.45, 7) is 2.31. The number of rotatable bonds is 4. The molecule has 0 saturated carbocycles. The van der Waals surface area contributed by atoms with Gasteiger partial charge in [-0.25, -0.2) is 5.48 Å². The fourth-order valence-corrected chi connectivity index (χ4v) is 1.37. The van der Waals surface area contributed by atoms with Gasteiger partial charge in [-0.3, -0.25) is 14.4 Å². The molecule has 2 amide bonds. The Labute approximate surface area is 82.1 Å². The molecule has 0 bridgehead atoms. The van der Waals surface area contributed by atoms with Gasteiger partial charge >= 0.3 is 0 Å². The number of primary amides is 1. The van der Waals surface area contributed by atoms with Crippen LogP contribution in [0.25, 0.3) is 0 Å². The number of carbonyl (C=O) groups is 2. The fourth-order valence-electron chi connectivity index (χ4n) is 1.37. The van der Waals surface area contributed by atoms with E-state index in [1.165, 1.54) is 0 Å². The van der Waals surface area contributed by atoms with E-state index in [0.717, 1.165) is 19.4 Å². The number of carbonyl (C=O) groups excluding carboxylic acids is 2. The first-order valence-corrected chi connectivity index (χ1v) is 4.50. The zero-order valence-electron chi connectivity index (χ0n) is 8.13. The Hall–Kier alpha value is -1.14. The second kappa shape index (κ2) is 4.39. The van der Waals surface area contributed by atoms with Crippen LogP contribution in [0.3, 0.4) is 0 Å². The van der Waals surface area contributed by atoms with Crippen LogP contribution in [0.4, 0.5) is 0 Å². The Kier molecular flexibility index (Phi) is 3.43. The van der Waals surface area contributed by atoms with Crippen molar-refractivity contribution in [3.05, 3.63) is 0 Å². The molecule has 1 heterocycles. The third-order valence-corrected chi connectivity index (χ3v) is 2.25. The van der Waals surface area contributed by atoms with E-state index in [1.807, 2.05) is 0 Å². The largest absolute Gasteiger partial charge is 0.368 e. The van der Waals surface area contributed by atoms with Gasteiger partial charge in [-0.15, -0.1) is 0 Å². The third-order valence-electron chi connectivity index (χ3n) is 2.25. The van der Waals surface area contributed by atoms with Gasteiger partial charge in [0, 0.05) is 0 Å². The van der Waals surface area contributed by atoms with Gasteiger partial charge in [-0.05, 0) is 26.3 Å². The highest BCUT2D eigenvalue weighted by atomic mass is 16.7. The van der Waals surface area contributed by atoms with Gasteiger partial charge in [-0.1, -0.05) is 0 Å². The summed E-state index contributed by atoms with van der Waals surface area (Å²) in [5, 5.41) is 3.06. The number of hydroxylamine groups is 1. The predicted octanol–water partition coefficient (Wildman–Crippen LogP) is -1.34. The quantitative estimate of drug-likeness (QED) is 0.491. The molecule has 1 fully saturated rings. The lowest BCUT2D eigenvalue weighted by Crippen LogP contribution is -2.51. The summed E-state index contributed by atoms with van der Waals surface area (Å²) in [5.74, 6) is -0.883. The van der Waals surface area contributed by atoms with Crippen LogP contribution in [-0.4, -0.2) is 30.5 Å². The molecule has 6 heteroatoms. The second-order valence-corrected chi connectivity index (χ2v) is 3.55. The lowest BCUT2D eigenvalue weighted by Gasteiger charge is -2.22. The molecule has 4 N–H and O–H groups in total. The SMILES string of the molecule is CC1(C(=O)NOCC(N)=O)CCCN1. The molecule has 6 nitrogen and oxygen atoms in total. The van der Waals surface area contributed by atoms with E-state index in [4.69, 9.17) is 5.73 Å². The van der Waals surface area contributed by atoms with Crippen LogP contribution < -0.4 is 16.5 Å². The highest BCUT2D eigenvalue weighted by molar-refractivity contribution is 5.85. The van der Waals surface area contributed by atoms with E-state index in [9.17, 15) is 9.59 Å². The zero-order valence-corrected chi connectivity index (χ0v) is 8.13. The van der Waals surface area contributed by atoms with Crippen molar-refractivity contribution in [2.75, 3.05) is 13.2 Å². The molecule has 14 heavy (non-hydrogen) atoms. The molecule has 1 aliphatic rings. The van der Waals surface area contributed by atoms with Crippen molar-refractivity contribution in [2.24, 2.45) is 5.73 Å². The maximum atomic E-state index is 11.5. The van der Waals surface area contributed by atoms with Crippen molar-refractivity contribution in [1.29, 1.82) is 0 Å². The number of hydrogen-bond donors (Lipinski definition) is 3. The van der Waals surface area contributed by atoms with Gasteiger partial charge in [0.05, 0.1) is 5.54 Å². The fraction of sp³-hybridized carbons (Fsp3) is 0.750. The van der Waals surface area contributed by atoms with Crippen molar-refractivity contribution in [3.8, 4) is 0 Å². The van der Waals surface area contributed by atoms with Gasteiger partial charge in [0.2, 0.25) is 5.91 Å². The third kappa shape index (κ3) is 2.68. The van der Waals surface area contributed by atoms with Gasteiger partial charge in [-0.2, -0.15) is 0 Å². The van der Waals surface area contributed by atoms with Gasteiger partial charge in [0.1, 0.15) is 0 Å². The molecule has 0 aliphatic carbocycles. The van der Waals surface area contributed by atoms with Crippen molar-refractivity contribution in [2.45, 2.75) is 25.3 Å². The van der Waals surface area contributed by atoms with Crippen LogP contribution in [0.1, 0.15) is 19.8 Å². The van der Waals surface area contributed by atoms with E-state index in [1.54, 1.807) is 6.92 Å². The predicted molar refractivity (Wildman–Crippen MR) is 48.9 cm³/mol. The molecule has 80 valence electrons. The lowest BCUT2D eigenvalue weighted by atomic mass is 10.0. The minimum Gasteiger partial charge on any atom is -0.368 e. The molecular weight excluding hydrogens is 186 g/mol. The maximum Gasteiger partial charge on any atom is 0.263 e. The summed E-state index contributed by atoms with van der Waals surface area (Å²) in [4.78, 5) is 26.4. The van der Waals surface area contributed by atoms with Crippen LogP contribution in [-0.2, 0) is 14.4 Å². The van der Waals surface area contributed by atoms with Crippen LogP contribution >= 0.6 is 0 Å². The Balaban J connectivity index is 2.30. The molecule has 0 spiro atoms. The summed E-state index contributed by atoms with van der Waals surface area (Å²) < 4.78 is 0. The van der Waals surface area contributed by atoms with Crippen LogP contribution in [0.15, 0.2) is 0 Å². The van der Waals surface area contributed by atoms with E-state index >= 15 is 0 Å². The number of nitrogens with one attached hydrogen (secondary N) is 2. The molecule has 1 saturated heterocycles. The van der Waals surface area contributed by atoms with Gasteiger partial charge in [0.25, 0.3) is 5.91 Å². The standard InChI is InChI=1S/C8H15N3O3/c1-8(3-2-4-10-8)7(13)11-14-5-6(9)12/h10H,2-5H2,1H3,(H2,9,12)(H,11,13). The smallest absolute Gasteiger partial charge is 0.263 e. The first-order valence-electron chi connectivity index (χ1n) is 4.50. The summed E-state index contributed by atoms with van der Waals surface area (Å²) in [5.41, 5.74) is 6.44. The molecule has 1 rings (SSSR count). The average molecular weight is 201 g/mol. The molecule has 0 aromatic rings. The summed E-state index contributed by atoms with van der Waals surface area (Å²) in [7, 11) is 0. The Bertz CT molecular complexity index is 236. The molecule has 1 atom stereocenters. The summed E-state index contributed by atoms with van der Waals surface area (Å²) in [6.07, 6.45) is 1.72. The second-order valence-electron chi connectivity index (χ2n) is 3.55. The first-order chi connectivity index (χ1) is 6.54. The molecular formula is C8H15N3O3. The normalized spacial score (nSPS) is 26.1. The molecule has 0 aromatic carbocycles. The number of nitrogens with two attached hydrogens (primary N) is 1. The monoisotopic (exact) mass is 201 g/mol. The zero-order chi connectivity index (χ0) is 10.6. The number of hydrogen-bond acceptors (Lipinski definition) is 4. The van der Waals surface area contributed by atoms with E-state index in [2.05, 4.69) is 15.6 Å². The highest BCUT2D eigenvalue weighted by Crippen LogP contribution is 2.18. The van der Waals surface area contributed by atoms with Gasteiger partial charge in [0.15, 0.2) is 6.61 Å². The Morgan fingerprint density at radius 1 is 1.64 bits per heavy atom. The molecule has 1 aliphatic heterocycles. The number of amides is 2. The van der Waals surface area contributed by atoms with Crippen molar-refractivity contribution in [3.63, 3.8) is 0 Å². The summed E-state index contributed by atoms with van der Waals surface area (Å²) >= 11 is 0. The minimum absolute atomic E-state index is 0.267. The average Bonchev–Trinajstić information content (AvgIpc) is 2.52. The van der Waals surface area contributed by atoms with Crippen molar-refractivity contribution in [1.82, 2.24) is 10.8 Å². The van der Waals surface area contributed by atoms with Crippen LogP contribution in [0, 0.1) is 0 Å².